The lowest BCUT2D eigenvalue weighted by Crippen LogP contribution is -2.43. The summed E-state index contributed by atoms with van der Waals surface area (Å²) in [6.07, 6.45) is 2.58. The number of halogens is 3. The zero-order chi connectivity index (χ0) is 18.6. The maximum atomic E-state index is 13.7. The number of anilines is 1. The van der Waals surface area contributed by atoms with E-state index >= 15 is 0 Å². The highest BCUT2D eigenvalue weighted by molar-refractivity contribution is 6.39. The molecule has 1 aliphatic carbocycles. The molecule has 1 aromatic rings. The van der Waals surface area contributed by atoms with E-state index in [-0.39, 0.29) is 16.9 Å². The van der Waals surface area contributed by atoms with Gasteiger partial charge in [0, 0.05) is 12.6 Å². The van der Waals surface area contributed by atoms with Crippen molar-refractivity contribution in [3.8, 4) is 0 Å². The smallest absolute Gasteiger partial charge is 0.313 e. The van der Waals surface area contributed by atoms with Gasteiger partial charge in [-0.3, -0.25) is 9.59 Å². The van der Waals surface area contributed by atoms with E-state index in [0.29, 0.717) is 12.6 Å². The van der Waals surface area contributed by atoms with Gasteiger partial charge in [0.2, 0.25) is 0 Å². The van der Waals surface area contributed by atoms with Crippen molar-refractivity contribution in [3.63, 3.8) is 0 Å². The number of carbonyl (C=O) groups excluding carboxylic acids is 2. The summed E-state index contributed by atoms with van der Waals surface area (Å²) in [6.45, 7) is 6.85. The molecule has 136 valence electrons. The van der Waals surface area contributed by atoms with Gasteiger partial charge in [0.15, 0.2) is 17.5 Å². The molecule has 2 atom stereocenters. The average Bonchev–Trinajstić information content (AvgIpc) is 2.76. The number of fused-ring (bicyclic) bond motifs is 2. The maximum Gasteiger partial charge on any atom is 0.313 e. The fourth-order valence-corrected chi connectivity index (χ4v) is 4.63. The van der Waals surface area contributed by atoms with E-state index in [0.717, 1.165) is 25.3 Å². The van der Waals surface area contributed by atoms with Crippen molar-refractivity contribution >= 4 is 17.5 Å². The van der Waals surface area contributed by atoms with Crippen molar-refractivity contribution in [3.05, 3.63) is 29.6 Å². The van der Waals surface area contributed by atoms with Crippen molar-refractivity contribution in [2.24, 2.45) is 10.8 Å². The zero-order valence-electron chi connectivity index (χ0n) is 14.5. The normalized spacial score (nSPS) is 27.3. The van der Waals surface area contributed by atoms with E-state index in [1.54, 1.807) is 0 Å². The third kappa shape index (κ3) is 3.24. The SMILES string of the molecule is CC1(C)CC2CC(C)(CN2C(=O)C(=O)Nc2ccc(F)c(F)c2F)C1. The van der Waals surface area contributed by atoms with Crippen molar-refractivity contribution in [1.29, 1.82) is 0 Å². The monoisotopic (exact) mass is 354 g/mol. The lowest BCUT2D eigenvalue weighted by molar-refractivity contribution is -0.144. The molecule has 4 nitrogen and oxygen atoms in total. The third-order valence-corrected chi connectivity index (χ3v) is 5.15. The molecule has 0 radical (unpaired) electrons. The van der Waals surface area contributed by atoms with Gasteiger partial charge in [-0.05, 0) is 42.2 Å². The number of hydrogen-bond acceptors (Lipinski definition) is 2. The Bertz CT molecular complexity index is 750. The Kier molecular flexibility index (Phi) is 4.08. The Morgan fingerprint density at radius 3 is 2.48 bits per heavy atom. The summed E-state index contributed by atoms with van der Waals surface area (Å²) in [4.78, 5) is 26.3. The van der Waals surface area contributed by atoms with Crippen LogP contribution in [0.15, 0.2) is 12.1 Å². The van der Waals surface area contributed by atoms with Gasteiger partial charge in [0.1, 0.15) is 0 Å². The van der Waals surface area contributed by atoms with Crippen molar-refractivity contribution in [1.82, 2.24) is 4.90 Å². The number of carbonyl (C=O) groups is 2. The standard InChI is InChI=1S/C18H21F3N2O2/c1-17(2)6-10-7-18(3,8-17)9-23(10)16(25)15(24)22-12-5-4-11(19)13(20)14(12)21/h4-5,10H,6-9H2,1-3H3,(H,22,24). The van der Waals surface area contributed by atoms with Crippen LogP contribution in [0.5, 0.6) is 0 Å². The molecular formula is C18H21F3N2O2. The van der Waals surface area contributed by atoms with E-state index in [4.69, 9.17) is 0 Å². The minimum Gasteiger partial charge on any atom is -0.331 e. The fraction of sp³-hybridized carbons (Fsp3) is 0.556. The quantitative estimate of drug-likeness (QED) is 0.620. The highest BCUT2D eigenvalue weighted by Crippen LogP contribution is 2.52. The summed E-state index contributed by atoms with van der Waals surface area (Å²) in [5, 5.41) is 2.06. The molecule has 25 heavy (non-hydrogen) atoms. The van der Waals surface area contributed by atoms with E-state index in [2.05, 4.69) is 26.1 Å². The molecular weight excluding hydrogens is 333 g/mol. The van der Waals surface area contributed by atoms with E-state index in [1.807, 2.05) is 0 Å². The third-order valence-electron chi connectivity index (χ3n) is 5.15. The highest BCUT2D eigenvalue weighted by atomic mass is 19.2. The molecule has 0 aromatic heterocycles. The van der Waals surface area contributed by atoms with Crippen LogP contribution in [0.25, 0.3) is 0 Å². The molecule has 0 spiro atoms. The Morgan fingerprint density at radius 1 is 1.12 bits per heavy atom. The first kappa shape index (κ1) is 17.8. The van der Waals surface area contributed by atoms with Crippen LogP contribution in [-0.4, -0.2) is 29.3 Å². The molecule has 1 aliphatic heterocycles. The molecule has 2 unspecified atom stereocenters. The first-order valence-electron chi connectivity index (χ1n) is 8.27. The van der Waals surface area contributed by atoms with Crippen LogP contribution in [0, 0.1) is 28.3 Å². The Labute approximate surface area is 144 Å². The van der Waals surface area contributed by atoms with Crippen molar-refractivity contribution < 1.29 is 22.8 Å². The van der Waals surface area contributed by atoms with Gasteiger partial charge in [-0.25, -0.2) is 13.2 Å². The number of nitrogens with zero attached hydrogens (tertiary/aromatic N) is 1. The molecule has 2 fully saturated rings. The number of nitrogens with one attached hydrogen (secondary N) is 1. The molecule has 7 heteroatoms. The summed E-state index contributed by atoms with van der Waals surface area (Å²) in [6, 6.07) is 1.55. The van der Waals surface area contributed by atoms with Crippen LogP contribution in [-0.2, 0) is 9.59 Å². The van der Waals surface area contributed by atoms with Crippen molar-refractivity contribution in [2.45, 2.75) is 46.1 Å². The largest absolute Gasteiger partial charge is 0.331 e. The predicted molar refractivity (Wildman–Crippen MR) is 86.2 cm³/mol. The van der Waals surface area contributed by atoms with E-state index in [1.165, 1.54) is 4.90 Å². The number of likely N-dealkylation sites (tertiary alicyclic amines) is 1. The number of hydrogen-bond donors (Lipinski definition) is 1. The number of rotatable bonds is 1. The van der Waals surface area contributed by atoms with Crippen LogP contribution in [0.1, 0.15) is 40.0 Å². The molecule has 3 rings (SSSR count). The van der Waals surface area contributed by atoms with Gasteiger partial charge in [0.05, 0.1) is 5.69 Å². The summed E-state index contributed by atoms with van der Waals surface area (Å²) in [5.41, 5.74) is -0.517. The van der Waals surface area contributed by atoms with E-state index in [9.17, 15) is 22.8 Å². The molecule has 1 saturated carbocycles. The topological polar surface area (TPSA) is 49.4 Å². The second-order valence-electron chi connectivity index (χ2n) is 8.32. The lowest BCUT2D eigenvalue weighted by Gasteiger charge is -2.39. The minimum absolute atomic E-state index is 0.0400. The van der Waals surface area contributed by atoms with Crippen LogP contribution in [0.4, 0.5) is 18.9 Å². The predicted octanol–water partition coefficient (Wildman–Crippen LogP) is 3.47. The first-order chi connectivity index (χ1) is 11.5. The zero-order valence-corrected chi connectivity index (χ0v) is 14.5. The first-order valence-corrected chi connectivity index (χ1v) is 8.27. The van der Waals surface area contributed by atoms with Crippen molar-refractivity contribution in [2.75, 3.05) is 11.9 Å². The molecule has 2 amide bonds. The van der Waals surface area contributed by atoms with Gasteiger partial charge >= 0.3 is 11.8 Å². The summed E-state index contributed by atoms with van der Waals surface area (Å²) in [7, 11) is 0. The summed E-state index contributed by atoms with van der Waals surface area (Å²) in [5.74, 6) is -6.37. The Morgan fingerprint density at radius 2 is 1.80 bits per heavy atom. The average molecular weight is 354 g/mol. The van der Waals surface area contributed by atoms with Gasteiger partial charge in [-0.15, -0.1) is 0 Å². The maximum absolute atomic E-state index is 13.7. The van der Waals surface area contributed by atoms with Crippen LogP contribution in [0.3, 0.4) is 0 Å². The highest BCUT2D eigenvalue weighted by Gasteiger charge is 2.51. The fourth-order valence-electron chi connectivity index (χ4n) is 4.63. The van der Waals surface area contributed by atoms with Crippen LogP contribution in [0.2, 0.25) is 0 Å². The van der Waals surface area contributed by atoms with Gasteiger partial charge in [-0.1, -0.05) is 20.8 Å². The molecule has 1 aromatic carbocycles. The Hall–Kier alpha value is -2.05. The van der Waals surface area contributed by atoms with Gasteiger partial charge in [0.25, 0.3) is 0 Å². The second kappa shape index (κ2) is 5.75. The lowest BCUT2D eigenvalue weighted by atomic mass is 9.65. The molecule has 1 saturated heterocycles. The Balaban J connectivity index is 1.76. The van der Waals surface area contributed by atoms with Gasteiger partial charge in [-0.2, -0.15) is 0 Å². The minimum atomic E-state index is -1.68. The molecule has 1 heterocycles. The molecule has 2 aliphatic rings. The van der Waals surface area contributed by atoms with Gasteiger partial charge < -0.3 is 10.2 Å². The van der Waals surface area contributed by atoms with Crippen LogP contribution >= 0.6 is 0 Å². The number of amides is 2. The molecule has 1 N–H and O–H groups in total. The summed E-state index contributed by atoms with van der Waals surface area (Å²) < 4.78 is 39.9. The number of benzene rings is 1. The second-order valence-corrected chi connectivity index (χ2v) is 8.32. The molecule has 2 bridgehead atoms. The van der Waals surface area contributed by atoms with Crippen LogP contribution < -0.4 is 5.32 Å². The van der Waals surface area contributed by atoms with E-state index < -0.39 is 35.0 Å². The summed E-state index contributed by atoms with van der Waals surface area (Å²) >= 11 is 0.